The Morgan fingerprint density at radius 1 is 1.07 bits per heavy atom. The van der Waals surface area contributed by atoms with Crippen LogP contribution in [0.1, 0.15) is 19.4 Å². The van der Waals surface area contributed by atoms with E-state index in [1.165, 1.54) is 5.01 Å². The van der Waals surface area contributed by atoms with Crippen LogP contribution in [0.15, 0.2) is 75.8 Å². The fourth-order valence-corrected chi connectivity index (χ4v) is 3.57. The van der Waals surface area contributed by atoms with Gasteiger partial charge in [-0.25, -0.2) is 0 Å². The molecule has 3 aromatic rings. The molecule has 4 nitrogen and oxygen atoms in total. The monoisotopic (exact) mass is 434 g/mol. The second-order valence-corrected chi connectivity index (χ2v) is 7.36. The third kappa shape index (κ3) is 3.45. The maximum absolute atomic E-state index is 13.1. The summed E-state index contributed by atoms with van der Waals surface area (Å²) in [5, 5.41) is 8.17. The molecule has 28 heavy (non-hydrogen) atoms. The highest BCUT2D eigenvalue weighted by atomic mass is 79.9. The van der Waals surface area contributed by atoms with Gasteiger partial charge in [0.2, 0.25) is 0 Å². The SMILES string of the molecule is CCOc1ccc(Br)c(/C=C2\C(=O)N(c3ccc4ccccc4c3)N=C2C)c1. The van der Waals surface area contributed by atoms with Crippen molar-refractivity contribution in [1.82, 2.24) is 0 Å². The van der Waals surface area contributed by atoms with Gasteiger partial charge in [0, 0.05) is 4.47 Å². The number of ether oxygens (including phenoxy) is 1. The van der Waals surface area contributed by atoms with E-state index in [0.717, 1.165) is 32.2 Å². The lowest BCUT2D eigenvalue weighted by molar-refractivity contribution is -0.114. The number of carbonyl (C=O) groups excluding carboxylic acids is 1. The molecule has 0 aliphatic carbocycles. The van der Waals surface area contributed by atoms with Crippen LogP contribution in [-0.4, -0.2) is 18.2 Å². The number of benzene rings is 3. The van der Waals surface area contributed by atoms with Gasteiger partial charge in [0.25, 0.3) is 5.91 Å². The Morgan fingerprint density at radius 2 is 1.86 bits per heavy atom. The molecule has 0 unspecified atom stereocenters. The molecule has 0 N–H and O–H groups in total. The molecule has 0 saturated carbocycles. The first kappa shape index (κ1) is 18.4. The smallest absolute Gasteiger partial charge is 0.280 e. The average molecular weight is 435 g/mol. The Bertz CT molecular complexity index is 1130. The summed E-state index contributed by atoms with van der Waals surface area (Å²) in [6.07, 6.45) is 1.86. The lowest BCUT2D eigenvalue weighted by Crippen LogP contribution is -2.21. The van der Waals surface area contributed by atoms with Gasteiger partial charge in [-0.3, -0.25) is 4.79 Å². The molecule has 0 atom stereocenters. The van der Waals surface area contributed by atoms with Crippen molar-refractivity contribution >= 4 is 50.1 Å². The summed E-state index contributed by atoms with van der Waals surface area (Å²) in [4.78, 5) is 13.1. The van der Waals surface area contributed by atoms with Crippen LogP contribution >= 0.6 is 15.9 Å². The first-order valence-electron chi connectivity index (χ1n) is 9.09. The molecule has 0 radical (unpaired) electrons. The van der Waals surface area contributed by atoms with E-state index < -0.39 is 0 Å². The molecule has 0 bridgehead atoms. The predicted octanol–water partition coefficient (Wildman–Crippen LogP) is 5.81. The molecule has 1 amide bonds. The van der Waals surface area contributed by atoms with Crippen molar-refractivity contribution in [3.05, 3.63) is 76.3 Å². The first-order valence-corrected chi connectivity index (χ1v) is 9.89. The van der Waals surface area contributed by atoms with Gasteiger partial charge < -0.3 is 4.74 Å². The Morgan fingerprint density at radius 3 is 2.64 bits per heavy atom. The molecule has 5 heteroatoms. The Hall–Kier alpha value is -2.92. The van der Waals surface area contributed by atoms with Crippen LogP contribution in [0.3, 0.4) is 0 Å². The maximum Gasteiger partial charge on any atom is 0.280 e. The maximum atomic E-state index is 13.1. The molecule has 0 saturated heterocycles. The highest BCUT2D eigenvalue weighted by Gasteiger charge is 2.29. The van der Waals surface area contributed by atoms with Gasteiger partial charge in [-0.15, -0.1) is 0 Å². The highest BCUT2D eigenvalue weighted by Crippen LogP contribution is 2.30. The summed E-state index contributed by atoms with van der Waals surface area (Å²) in [5.41, 5.74) is 2.90. The number of hydrogen-bond donors (Lipinski definition) is 0. The number of hydrogen-bond acceptors (Lipinski definition) is 3. The van der Waals surface area contributed by atoms with Crippen molar-refractivity contribution in [2.45, 2.75) is 13.8 Å². The van der Waals surface area contributed by atoms with E-state index in [9.17, 15) is 4.79 Å². The number of amides is 1. The standard InChI is InChI=1S/C23H19BrN2O2/c1-3-28-20-10-11-22(24)18(13-20)14-21-15(2)25-26(23(21)27)19-9-8-16-6-4-5-7-17(16)12-19/h4-14H,3H2,1-2H3/b21-14-. The molecular weight excluding hydrogens is 416 g/mol. The van der Waals surface area contributed by atoms with Gasteiger partial charge in [0.1, 0.15) is 5.75 Å². The summed E-state index contributed by atoms with van der Waals surface area (Å²) in [5.74, 6) is 0.630. The Balaban J connectivity index is 1.70. The minimum Gasteiger partial charge on any atom is -0.494 e. The van der Waals surface area contributed by atoms with Gasteiger partial charge in [0.15, 0.2) is 0 Å². The molecule has 1 heterocycles. The lowest BCUT2D eigenvalue weighted by Gasteiger charge is -2.13. The molecule has 1 aliphatic heterocycles. The van der Waals surface area contributed by atoms with Crippen molar-refractivity contribution in [3.63, 3.8) is 0 Å². The van der Waals surface area contributed by atoms with Gasteiger partial charge in [0.05, 0.1) is 23.6 Å². The second-order valence-electron chi connectivity index (χ2n) is 6.51. The zero-order chi connectivity index (χ0) is 19.7. The summed E-state index contributed by atoms with van der Waals surface area (Å²) < 4.78 is 6.47. The molecule has 140 valence electrons. The first-order chi connectivity index (χ1) is 13.6. The van der Waals surface area contributed by atoms with E-state index in [1.54, 1.807) is 0 Å². The normalized spacial score (nSPS) is 15.4. The fraction of sp³-hybridized carbons (Fsp3) is 0.130. The minimum absolute atomic E-state index is 0.138. The second kappa shape index (κ2) is 7.60. The third-order valence-electron chi connectivity index (χ3n) is 4.62. The van der Waals surface area contributed by atoms with Crippen LogP contribution in [0.25, 0.3) is 16.8 Å². The van der Waals surface area contributed by atoms with Gasteiger partial charge in [-0.2, -0.15) is 10.1 Å². The quantitative estimate of drug-likeness (QED) is 0.486. The van der Waals surface area contributed by atoms with Gasteiger partial charge in [-0.05, 0) is 66.6 Å². The van der Waals surface area contributed by atoms with Crippen LogP contribution in [0.4, 0.5) is 5.69 Å². The van der Waals surface area contributed by atoms with E-state index in [1.807, 2.05) is 80.6 Å². The summed E-state index contributed by atoms with van der Waals surface area (Å²) in [7, 11) is 0. The number of rotatable bonds is 4. The van der Waals surface area contributed by atoms with Crippen LogP contribution in [0, 0.1) is 0 Å². The van der Waals surface area contributed by atoms with Crippen molar-refractivity contribution in [2.75, 3.05) is 11.6 Å². The van der Waals surface area contributed by atoms with E-state index in [0.29, 0.717) is 17.9 Å². The van der Waals surface area contributed by atoms with Crippen LogP contribution < -0.4 is 9.75 Å². The topological polar surface area (TPSA) is 41.9 Å². The fourth-order valence-electron chi connectivity index (χ4n) is 3.21. The van der Waals surface area contributed by atoms with E-state index >= 15 is 0 Å². The van der Waals surface area contributed by atoms with Gasteiger partial charge >= 0.3 is 0 Å². The van der Waals surface area contributed by atoms with Crippen LogP contribution in [-0.2, 0) is 4.79 Å². The number of fused-ring (bicyclic) bond motifs is 1. The largest absolute Gasteiger partial charge is 0.494 e. The number of halogens is 1. The van der Waals surface area contributed by atoms with Crippen LogP contribution in [0.2, 0.25) is 0 Å². The predicted molar refractivity (Wildman–Crippen MR) is 118 cm³/mol. The molecule has 0 spiro atoms. The van der Waals surface area contributed by atoms with Gasteiger partial charge in [-0.1, -0.05) is 46.3 Å². The molecular formula is C23H19BrN2O2. The summed E-state index contributed by atoms with van der Waals surface area (Å²) >= 11 is 3.55. The minimum atomic E-state index is -0.138. The van der Waals surface area contributed by atoms with Crippen molar-refractivity contribution in [3.8, 4) is 5.75 Å². The molecule has 0 fully saturated rings. The molecule has 1 aliphatic rings. The Kier molecular flexibility index (Phi) is 5.01. The number of nitrogens with zero attached hydrogens (tertiary/aromatic N) is 2. The third-order valence-corrected chi connectivity index (χ3v) is 5.34. The van der Waals surface area contributed by atoms with Crippen molar-refractivity contribution in [2.24, 2.45) is 5.10 Å². The number of hydrazone groups is 1. The molecule has 3 aromatic carbocycles. The average Bonchev–Trinajstić information content (AvgIpc) is 2.98. The van der Waals surface area contributed by atoms with E-state index in [4.69, 9.17) is 4.74 Å². The summed E-state index contributed by atoms with van der Waals surface area (Å²) in [6, 6.07) is 19.7. The number of anilines is 1. The summed E-state index contributed by atoms with van der Waals surface area (Å²) in [6.45, 7) is 4.39. The molecule has 4 rings (SSSR count). The van der Waals surface area contributed by atoms with Crippen molar-refractivity contribution in [1.29, 1.82) is 0 Å². The Labute approximate surface area is 172 Å². The van der Waals surface area contributed by atoms with Crippen LogP contribution in [0.5, 0.6) is 5.75 Å². The van der Waals surface area contributed by atoms with Crippen molar-refractivity contribution < 1.29 is 9.53 Å². The number of carbonyl (C=O) groups is 1. The lowest BCUT2D eigenvalue weighted by atomic mass is 10.1. The zero-order valence-corrected chi connectivity index (χ0v) is 17.2. The highest BCUT2D eigenvalue weighted by molar-refractivity contribution is 9.10. The van der Waals surface area contributed by atoms with E-state index in [2.05, 4.69) is 21.0 Å². The molecule has 0 aromatic heterocycles. The zero-order valence-electron chi connectivity index (χ0n) is 15.6. The van der Waals surface area contributed by atoms with E-state index in [-0.39, 0.29) is 5.91 Å².